The number of nitrogens with zero attached hydrogens (tertiary/aromatic N) is 1. The van der Waals surface area contributed by atoms with Gasteiger partial charge < -0.3 is 15.0 Å². The van der Waals surface area contributed by atoms with Crippen molar-refractivity contribution in [2.24, 2.45) is 5.92 Å². The normalized spacial score (nSPS) is 25.6. The average Bonchev–Trinajstić information content (AvgIpc) is 3.10. The fraction of sp³-hybridized carbons (Fsp3) is 0.556. The number of halogens is 1. The zero-order valence-electron chi connectivity index (χ0n) is 13.8. The first kappa shape index (κ1) is 16.9. The van der Waals surface area contributed by atoms with Gasteiger partial charge in [0.05, 0.1) is 12.1 Å². The molecule has 6 heteroatoms. The molecule has 2 aliphatic heterocycles. The number of amides is 2. The van der Waals surface area contributed by atoms with E-state index in [1.54, 1.807) is 24.1 Å². The van der Waals surface area contributed by atoms with Crippen LogP contribution in [0.5, 0.6) is 0 Å². The maximum absolute atomic E-state index is 13.2. The highest BCUT2D eigenvalue weighted by atomic mass is 19.1. The van der Waals surface area contributed by atoms with Crippen molar-refractivity contribution in [3.8, 4) is 0 Å². The number of nitrogens with one attached hydrogen (secondary N) is 1. The van der Waals surface area contributed by atoms with Gasteiger partial charge in [0.1, 0.15) is 5.82 Å². The lowest BCUT2D eigenvalue weighted by Gasteiger charge is -2.31. The molecule has 5 nitrogen and oxygen atoms in total. The van der Waals surface area contributed by atoms with Crippen LogP contribution < -0.4 is 5.32 Å². The summed E-state index contributed by atoms with van der Waals surface area (Å²) in [6.07, 6.45) is 2.60. The van der Waals surface area contributed by atoms with Crippen LogP contribution in [0, 0.1) is 11.7 Å². The van der Waals surface area contributed by atoms with Gasteiger partial charge in [0.15, 0.2) is 0 Å². The zero-order chi connectivity index (χ0) is 17.1. The second-order valence-electron chi connectivity index (χ2n) is 6.59. The number of hydrogen-bond donors (Lipinski definition) is 1. The van der Waals surface area contributed by atoms with Gasteiger partial charge in [-0.2, -0.15) is 0 Å². The smallest absolute Gasteiger partial charge is 0.224 e. The first-order valence-corrected chi connectivity index (χ1v) is 8.46. The molecule has 1 aromatic carbocycles. The molecule has 2 heterocycles. The average molecular weight is 334 g/mol. The van der Waals surface area contributed by atoms with Crippen molar-refractivity contribution >= 4 is 11.8 Å². The highest BCUT2D eigenvalue weighted by Crippen LogP contribution is 2.28. The van der Waals surface area contributed by atoms with Gasteiger partial charge in [-0.05, 0) is 37.0 Å². The molecular formula is C18H23FN2O3. The Bertz CT molecular complexity index is 599. The number of ether oxygens (including phenoxy) is 1. The Morgan fingerprint density at radius 1 is 1.33 bits per heavy atom. The largest absolute Gasteiger partial charge is 0.376 e. The van der Waals surface area contributed by atoms with Gasteiger partial charge in [0.25, 0.3) is 0 Å². The van der Waals surface area contributed by atoms with E-state index < -0.39 is 0 Å². The van der Waals surface area contributed by atoms with Crippen molar-refractivity contribution in [2.45, 2.75) is 37.8 Å². The standard InChI is InChI=1S/C18H23FN2O3/c1-21-9-8-13(11-16(21)22)18(23)20-17(15-3-2-10-24-15)12-4-6-14(19)7-5-12/h4-7,13,15,17H,2-3,8-11H2,1H3,(H,20,23). The van der Waals surface area contributed by atoms with Gasteiger partial charge in [-0.25, -0.2) is 4.39 Å². The van der Waals surface area contributed by atoms with E-state index in [-0.39, 0.29) is 42.1 Å². The lowest BCUT2D eigenvalue weighted by atomic mass is 9.93. The molecular weight excluding hydrogens is 311 g/mol. The Kier molecular flexibility index (Phi) is 5.14. The van der Waals surface area contributed by atoms with E-state index in [0.29, 0.717) is 19.6 Å². The van der Waals surface area contributed by atoms with Gasteiger partial charge in [-0.15, -0.1) is 0 Å². The van der Waals surface area contributed by atoms with Gasteiger partial charge in [-0.1, -0.05) is 12.1 Å². The molecule has 1 N–H and O–H groups in total. The summed E-state index contributed by atoms with van der Waals surface area (Å²) in [5, 5.41) is 3.04. The molecule has 0 bridgehead atoms. The molecule has 24 heavy (non-hydrogen) atoms. The van der Waals surface area contributed by atoms with E-state index in [1.165, 1.54) is 12.1 Å². The highest BCUT2D eigenvalue weighted by Gasteiger charge is 2.33. The SMILES string of the molecule is CN1CCC(C(=O)NC(c2ccc(F)cc2)C2CCCO2)CC1=O. The van der Waals surface area contributed by atoms with Crippen molar-refractivity contribution < 1.29 is 18.7 Å². The number of rotatable bonds is 4. The van der Waals surface area contributed by atoms with Crippen LogP contribution in [0.25, 0.3) is 0 Å². The first-order chi connectivity index (χ1) is 11.5. The number of benzene rings is 1. The molecule has 0 aromatic heterocycles. The van der Waals surface area contributed by atoms with Crippen LogP contribution in [-0.4, -0.2) is 43.0 Å². The fourth-order valence-corrected chi connectivity index (χ4v) is 3.36. The summed E-state index contributed by atoms with van der Waals surface area (Å²) in [6.45, 7) is 1.27. The molecule has 2 amide bonds. The topological polar surface area (TPSA) is 58.6 Å². The van der Waals surface area contributed by atoms with Crippen LogP contribution >= 0.6 is 0 Å². The molecule has 130 valence electrons. The van der Waals surface area contributed by atoms with Crippen molar-refractivity contribution in [1.29, 1.82) is 0 Å². The summed E-state index contributed by atoms with van der Waals surface area (Å²) >= 11 is 0. The van der Waals surface area contributed by atoms with Crippen molar-refractivity contribution in [3.63, 3.8) is 0 Å². The second-order valence-corrected chi connectivity index (χ2v) is 6.59. The predicted molar refractivity (Wildman–Crippen MR) is 86.6 cm³/mol. The summed E-state index contributed by atoms with van der Waals surface area (Å²) < 4.78 is 18.9. The second kappa shape index (κ2) is 7.30. The minimum Gasteiger partial charge on any atom is -0.376 e. The summed E-state index contributed by atoms with van der Waals surface area (Å²) in [4.78, 5) is 26.1. The Morgan fingerprint density at radius 2 is 2.08 bits per heavy atom. The number of piperidine rings is 1. The van der Waals surface area contributed by atoms with Crippen molar-refractivity contribution in [2.75, 3.05) is 20.2 Å². The molecule has 0 aliphatic carbocycles. The van der Waals surface area contributed by atoms with E-state index in [1.807, 2.05) is 0 Å². The van der Waals surface area contributed by atoms with Gasteiger partial charge in [0.2, 0.25) is 11.8 Å². The highest BCUT2D eigenvalue weighted by molar-refractivity contribution is 5.87. The Balaban J connectivity index is 1.72. The molecule has 2 aliphatic rings. The van der Waals surface area contributed by atoms with Crippen molar-refractivity contribution in [3.05, 3.63) is 35.6 Å². The minimum absolute atomic E-state index is 0.00292. The van der Waals surface area contributed by atoms with Crippen LogP contribution in [0.1, 0.15) is 37.3 Å². The van der Waals surface area contributed by atoms with Crippen LogP contribution in [0.4, 0.5) is 4.39 Å². The van der Waals surface area contributed by atoms with Crippen LogP contribution in [0.15, 0.2) is 24.3 Å². The maximum atomic E-state index is 13.2. The molecule has 3 unspecified atom stereocenters. The summed E-state index contributed by atoms with van der Waals surface area (Å²) in [5.74, 6) is -0.742. The number of hydrogen-bond acceptors (Lipinski definition) is 3. The van der Waals surface area contributed by atoms with Crippen molar-refractivity contribution in [1.82, 2.24) is 10.2 Å². The molecule has 2 fully saturated rings. The lowest BCUT2D eigenvalue weighted by Crippen LogP contribution is -2.44. The van der Waals surface area contributed by atoms with E-state index in [2.05, 4.69) is 5.32 Å². The lowest BCUT2D eigenvalue weighted by molar-refractivity contribution is -0.139. The predicted octanol–water partition coefficient (Wildman–Crippen LogP) is 2.03. The Morgan fingerprint density at radius 3 is 2.71 bits per heavy atom. The number of likely N-dealkylation sites (tertiary alicyclic amines) is 1. The van der Waals surface area contributed by atoms with Crippen LogP contribution in [-0.2, 0) is 14.3 Å². The third-order valence-corrected chi connectivity index (χ3v) is 4.89. The molecule has 3 rings (SSSR count). The molecule has 0 spiro atoms. The van der Waals surface area contributed by atoms with E-state index in [0.717, 1.165) is 18.4 Å². The van der Waals surface area contributed by atoms with Gasteiger partial charge in [0, 0.05) is 32.5 Å². The van der Waals surface area contributed by atoms with Gasteiger partial charge in [-0.3, -0.25) is 9.59 Å². The number of carbonyl (C=O) groups is 2. The van der Waals surface area contributed by atoms with E-state index in [4.69, 9.17) is 4.74 Å². The van der Waals surface area contributed by atoms with E-state index in [9.17, 15) is 14.0 Å². The first-order valence-electron chi connectivity index (χ1n) is 8.46. The fourth-order valence-electron chi connectivity index (χ4n) is 3.36. The third kappa shape index (κ3) is 3.75. The molecule has 2 saturated heterocycles. The Labute approximate surface area is 141 Å². The zero-order valence-corrected chi connectivity index (χ0v) is 13.8. The van der Waals surface area contributed by atoms with Crippen LogP contribution in [0.3, 0.4) is 0 Å². The summed E-state index contributed by atoms with van der Waals surface area (Å²) in [6, 6.07) is 5.84. The molecule has 3 atom stereocenters. The molecule has 0 radical (unpaired) electrons. The maximum Gasteiger partial charge on any atom is 0.224 e. The summed E-state index contributed by atoms with van der Waals surface area (Å²) in [5.41, 5.74) is 0.830. The molecule has 0 saturated carbocycles. The monoisotopic (exact) mass is 334 g/mol. The Hall–Kier alpha value is -1.95. The van der Waals surface area contributed by atoms with E-state index >= 15 is 0 Å². The van der Waals surface area contributed by atoms with Gasteiger partial charge >= 0.3 is 0 Å². The molecule has 1 aromatic rings. The minimum atomic E-state index is -0.310. The van der Waals surface area contributed by atoms with Crippen LogP contribution in [0.2, 0.25) is 0 Å². The number of carbonyl (C=O) groups excluding carboxylic acids is 2. The third-order valence-electron chi connectivity index (χ3n) is 4.89. The quantitative estimate of drug-likeness (QED) is 0.917. The summed E-state index contributed by atoms with van der Waals surface area (Å²) in [7, 11) is 1.75.